The maximum absolute atomic E-state index is 13.6. The van der Waals surface area contributed by atoms with E-state index >= 15 is 0 Å². The molecule has 0 aromatic heterocycles. The lowest BCUT2D eigenvalue weighted by Gasteiger charge is -2.10. The van der Waals surface area contributed by atoms with Gasteiger partial charge in [0.1, 0.15) is 11.6 Å². The first-order valence-corrected chi connectivity index (χ1v) is 6.41. The first kappa shape index (κ1) is 13.3. The molecule has 0 fully saturated rings. The van der Waals surface area contributed by atoms with E-state index in [1.54, 1.807) is 12.1 Å². The van der Waals surface area contributed by atoms with E-state index in [1.807, 2.05) is 0 Å². The van der Waals surface area contributed by atoms with Gasteiger partial charge in [0, 0.05) is 10.0 Å². The molecule has 0 spiro atoms. The number of benzene rings is 2. The molecular weight excluding hydrogens is 325 g/mol. The molecule has 0 aliphatic heterocycles. The van der Waals surface area contributed by atoms with E-state index in [2.05, 4.69) is 15.9 Å². The van der Waals surface area contributed by atoms with Crippen molar-refractivity contribution >= 4 is 27.5 Å². The lowest BCUT2D eigenvalue weighted by atomic mass is 10.2. The van der Waals surface area contributed by atoms with Crippen molar-refractivity contribution in [2.24, 2.45) is 0 Å². The number of alkyl halides is 1. The molecule has 0 amide bonds. The Morgan fingerprint density at radius 3 is 2.50 bits per heavy atom. The van der Waals surface area contributed by atoms with E-state index in [9.17, 15) is 8.78 Å². The predicted molar refractivity (Wildman–Crippen MR) is 70.1 cm³/mol. The highest BCUT2D eigenvalue weighted by atomic mass is 79.9. The lowest BCUT2D eigenvalue weighted by molar-refractivity contribution is 0.434. The highest BCUT2D eigenvalue weighted by molar-refractivity contribution is 9.10. The Kier molecular flexibility index (Phi) is 4.19. The fourth-order valence-corrected chi connectivity index (χ4v) is 2.03. The standard InChI is InChI=1S/C13H8BrClF2O/c14-8-4-5-13(11(17)6-8)18-12-3-1-2-10(16)9(12)7-15/h1-6H,7H2. The van der Waals surface area contributed by atoms with Gasteiger partial charge in [0.05, 0.1) is 5.88 Å². The Morgan fingerprint density at radius 2 is 1.83 bits per heavy atom. The van der Waals surface area contributed by atoms with E-state index in [0.29, 0.717) is 4.47 Å². The Bertz CT molecular complexity index is 575. The summed E-state index contributed by atoms with van der Waals surface area (Å²) in [5.74, 6) is -0.810. The van der Waals surface area contributed by atoms with Gasteiger partial charge >= 0.3 is 0 Å². The van der Waals surface area contributed by atoms with Gasteiger partial charge in [-0.05, 0) is 30.3 Å². The summed E-state index contributed by atoms with van der Waals surface area (Å²) in [4.78, 5) is 0. The van der Waals surface area contributed by atoms with Crippen molar-refractivity contribution < 1.29 is 13.5 Å². The topological polar surface area (TPSA) is 9.23 Å². The van der Waals surface area contributed by atoms with Crippen LogP contribution in [0.4, 0.5) is 8.78 Å². The van der Waals surface area contributed by atoms with Gasteiger partial charge in [-0.3, -0.25) is 0 Å². The van der Waals surface area contributed by atoms with Gasteiger partial charge in [-0.1, -0.05) is 22.0 Å². The van der Waals surface area contributed by atoms with Gasteiger partial charge in [-0.15, -0.1) is 11.6 Å². The van der Waals surface area contributed by atoms with Crippen LogP contribution in [0.2, 0.25) is 0 Å². The third kappa shape index (κ3) is 2.82. The monoisotopic (exact) mass is 332 g/mol. The molecule has 5 heteroatoms. The Balaban J connectivity index is 2.37. The number of hydrogen-bond donors (Lipinski definition) is 0. The molecule has 0 radical (unpaired) electrons. The number of halogens is 4. The molecule has 0 heterocycles. The third-order valence-electron chi connectivity index (χ3n) is 2.32. The van der Waals surface area contributed by atoms with Crippen molar-refractivity contribution in [2.75, 3.05) is 0 Å². The molecule has 2 aromatic rings. The van der Waals surface area contributed by atoms with Crippen LogP contribution in [0.15, 0.2) is 40.9 Å². The summed E-state index contributed by atoms with van der Waals surface area (Å²) >= 11 is 8.79. The molecule has 0 saturated heterocycles. The molecule has 0 saturated carbocycles. The zero-order valence-electron chi connectivity index (χ0n) is 9.09. The molecule has 0 unspecified atom stereocenters. The van der Waals surface area contributed by atoms with Gasteiger partial charge in [-0.25, -0.2) is 8.78 Å². The summed E-state index contributed by atoms with van der Waals surface area (Å²) in [6.07, 6.45) is 0. The molecule has 2 rings (SSSR count). The van der Waals surface area contributed by atoms with Gasteiger partial charge in [0.2, 0.25) is 0 Å². The zero-order chi connectivity index (χ0) is 13.1. The van der Waals surface area contributed by atoms with Gasteiger partial charge in [-0.2, -0.15) is 0 Å². The third-order valence-corrected chi connectivity index (χ3v) is 3.08. The van der Waals surface area contributed by atoms with Crippen LogP contribution in [-0.4, -0.2) is 0 Å². The molecule has 94 valence electrons. The average Bonchev–Trinajstić information content (AvgIpc) is 2.33. The van der Waals surface area contributed by atoms with Crippen molar-refractivity contribution in [1.82, 2.24) is 0 Å². The van der Waals surface area contributed by atoms with Crippen LogP contribution in [0.5, 0.6) is 11.5 Å². The molecule has 0 atom stereocenters. The predicted octanol–water partition coefficient (Wildman–Crippen LogP) is 5.26. The van der Waals surface area contributed by atoms with Crippen molar-refractivity contribution in [3.05, 3.63) is 58.1 Å². The molecule has 18 heavy (non-hydrogen) atoms. The summed E-state index contributed by atoms with van der Waals surface area (Å²) in [5.41, 5.74) is 0.210. The van der Waals surface area contributed by atoms with Crippen molar-refractivity contribution in [3.63, 3.8) is 0 Å². The second-order valence-corrected chi connectivity index (χ2v) is 4.71. The van der Waals surface area contributed by atoms with Crippen LogP contribution in [0.1, 0.15) is 5.56 Å². The molecule has 0 N–H and O–H groups in total. The summed E-state index contributed by atoms with van der Waals surface area (Å²) in [6.45, 7) is 0. The minimum atomic E-state index is -0.533. The summed E-state index contributed by atoms with van der Waals surface area (Å²) in [6, 6.07) is 8.68. The Morgan fingerprint density at radius 1 is 1.06 bits per heavy atom. The SMILES string of the molecule is Fc1cc(Br)ccc1Oc1cccc(F)c1CCl. The summed E-state index contributed by atoms with van der Waals surface area (Å²) < 4.78 is 33.0. The van der Waals surface area contributed by atoms with E-state index in [0.717, 1.165) is 0 Å². The van der Waals surface area contributed by atoms with Crippen LogP contribution >= 0.6 is 27.5 Å². The Hall–Kier alpha value is -1.13. The van der Waals surface area contributed by atoms with Crippen molar-refractivity contribution in [2.45, 2.75) is 5.88 Å². The minimum Gasteiger partial charge on any atom is -0.454 e. The minimum absolute atomic E-state index is 0.0233. The van der Waals surface area contributed by atoms with E-state index in [1.165, 1.54) is 24.3 Å². The quantitative estimate of drug-likeness (QED) is 0.696. The van der Waals surface area contributed by atoms with Crippen LogP contribution < -0.4 is 4.74 Å². The van der Waals surface area contributed by atoms with E-state index in [4.69, 9.17) is 16.3 Å². The van der Waals surface area contributed by atoms with Crippen LogP contribution in [-0.2, 0) is 5.88 Å². The second-order valence-electron chi connectivity index (χ2n) is 3.53. The lowest BCUT2D eigenvalue weighted by Crippen LogP contribution is -1.94. The number of rotatable bonds is 3. The highest BCUT2D eigenvalue weighted by Crippen LogP contribution is 2.31. The normalized spacial score (nSPS) is 10.4. The zero-order valence-corrected chi connectivity index (χ0v) is 11.4. The first-order chi connectivity index (χ1) is 8.61. The van der Waals surface area contributed by atoms with Crippen LogP contribution in [0, 0.1) is 11.6 Å². The van der Waals surface area contributed by atoms with Gasteiger partial charge < -0.3 is 4.74 Å². The molecular formula is C13H8BrClF2O. The van der Waals surface area contributed by atoms with Crippen LogP contribution in [0.25, 0.3) is 0 Å². The maximum atomic E-state index is 13.6. The van der Waals surface area contributed by atoms with Crippen molar-refractivity contribution in [1.29, 1.82) is 0 Å². The molecule has 0 aliphatic carbocycles. The second kappa shape index (κ2) is 5.67. The number of ether oxygens (including phenoxy) is 1. The van der Waals surface area contributed by atoms with Gasteiger partial charge in [0.15, 0.2) is 11.6 Å². The molecule has 0 bridgehead atoms. The van der Waals surface area contributed by atoms with E-state index in [-0.39, 0.29) is 22.9 Å². The smallest absolute Gasteiger partial charge is 0.166 e. The van der Waals surface area contributed by atoms with Crippen LogP contribution in [0.3, 0.4) is 0 Å². The summed E-state index contributed by atoms with van der Waals surface area (Å²) in [5, 5.41) is 0. The fourth-order valence-electron chi connectivity index (χ4n) is 1.44. The summed E-state index contributed by atoms with van der Waals surface area (Å²) in [7, 11) is 0. The molecule has 0 aliphatic rings. The average molecular weight is 334 g/mol. The maximum Gasteiger partial charge on any atom is 0.166 e. The van der Waals surface area contributed by atoms with Gasteiger partial charge in [0.25, 0.3) is 0 Å². The Labute approximate surface area is 116 Å². The molecule has 1 nitrogen and oxygen atoms in total. The van der Waals surface area contributed by atoms with E-state index < -0.39 is 11.6 Å². The fraction of sp³-hybridized carbons (Fsp3) is 0.0769. The largest absolute Gasteiger partial charge is 0.454 e. The molecule has 2 aromatic carbocycles. The van der Waals surface area contributed by atoms with Crippen molar-refractivity contribution in [3.8, 4) is 11.5 Å². The first-order valence-electron chi connectivity index (χ1n) is 5.08. The number of hydrogen-bond acceptors (Lipinski definition) is 1. The highest BCUT2D eigenvalue weighted by Gasteiger charge is 2.11.